The van der Waals surface area contributed by atoms with Crippen molar-refractivity contribution < 1.29 is 14.4 Å². The zero-order valence-corrected chi connectivity index (χ0v) is 36.3. The first kappa shape index (κ1) is 54.4. The van der Waals surface area contributed by atoms with Crippen LogP contribution in [0, 0.1) is 0 Å². The summed E-state index contributed by atoms with van der Waals surface area (Å²) in [6.07, 6.45) is 51.4. The Morgan fingerprint density at radius 2 is 0.333 bits per heavy atom. The zero-order chi connectivity index (χ0) is 38.3. The van der Waals surface area contributed by atoms with E-state index in [4.69, 9.17) is 0 Å². The van der Waals surface area contributed by atoms with Crippen LogP contribution in [0.3, 0.4) is 0 Å². The molecule has 0 unspecified atom stereocenters. The Morgan fingerprint density at radius 3 is 0.451 bits per heavy atom. The average molecular weight is 721 g/mol. The molecule has 0 heterocycles. The van der Waals surface area contributed by atoms with Crippen LogP contribution in [-0.2, 0) is 14.4 Å². The Labute approximate surface area is 322 Å². The summed E-state index contributed by atoms with van der Waals surface area (Å²) < 4.78 is 0. The van der Waals surface area contributed by atoms with E-state index in [1.165, 1.54) is 212 Å². The number of carbonyl (C=O) groups is 3. The van der Waals surface area contributed by atoms with E-state index in [-0.39, 0.29) is 0 Å². The summed E-state index contributed by atoms with van der Waals surface area (Å²) in [5, 5.41) is 0. The quantitative estimate of drug-likeness (QED) is 0.0594. The molecule has 0 saturated heterocycles. The summed E-state index contributed by atoms with van der Waals surface area (Å²) >= 11 is 0. The number of hydrogen-bond donors (Lipinski definition) is 0. The van der Waals surface area contributed by atoms with Gasteiger partial charge in [-0.3, -0.25) is 0 Å². The van der Waals surface area contributed by atoms with Crippen molar-refractivity contribution in [2.24, 2.45) is 0 Å². The third-order valence-corrected chi connectivity index (χ3v) is 10.1. The van der Waals surface area contributed by atoms with Gasteiger partial charge in [-0.25, -0.2) is 0 Å². The van der Waals surface area contributed by atoms with Gasteiger partial charge in [0.15, 0.2) is 0 Å². The van der Waals surface area contributed by atoms with Crippen molar-refractivity contribution in [1.82, 2.24) is 0 Å². The molecular formula is C48H96O3. The lowest BCUT2D eigenvalue weighted by molar-refractivity contribution is -0.117. The standard InChI is InChI=1S/C17H34O.C16H32O.C15H30O/c1-3-4-5-6-7-8-9-10-11-12-13-14-15-16-17(2)18;1-3-4-5-6-7-8-9-10-11-12-13-14-15-16(2)17;1-3-4-5-6-7-8-9-10-11-12-13-14-15(2)16/h3-16H2,1-2H3;3-15H2,1-2H3;3-14H2,1-2H3. The third kappa shape index (κ3) is 64.4. The van der Waals surface area contributed by atoms with Gasteiger partial charge in [0.05, 0.1) is 0 Å². The smallest absolute Gasteiger partial charge is 0.129 e. The first-order valence-corrected chi connectivity index (χ1v) is 23.3. The molecule has 0 atom stereocenters. The second-order valence-corrected chi connectivity index (χ2v) is 16.0. The number of hydrogen-bond acceptors (Lipinski definition) is 3. The molecule has 0 radical (unpaired) electrons. The highest BCUT2D eigenvalue weighted by Gasteiger charge is 1.98. The number of Topliss-reactive ketones (excluding diaryl/α,β-unsaturated/α-hetero) is 3. The van der Waals surface area contributed by atoms with E-state index in [9.17, 15) is 14.4 Å². The highest BCUT2D eigenvalue weighted by Crippen LogP contribution is 2.15. The molecule has 0 aromatic rings. The summed E-state index contributed by atoms with van der Waals surface area (Å²) in [5.74, 6) is 1.03. The van der Waals surface area contributed by atoms with Crippen molar-refractivity contribution in [1.29, 1.82) is 0 Å². The molecule has 3 nitrogen and oxygen atoms in total. The summed E-state index contributed by atoms with van der Waals surface area (Å²) in [6.45, 7) is 11.9. The van der Waals surface area contributed by atoms with Crippen LogP contribution in [0.4, 0.5) is 0 Å². The summed E-state index contributed by atoms with van der Waals surface area (Å²) in [5.41, 5.74) is 0. The lowest BCUT2D eigenvalue weighted by Crippen LogP contribution is -1.89. The fraction of sp³-hybridized carbons (Fsp3) is 0.938. The molecular weight excluding hydrogens is 625 g/mol. The molecule has 0 fully saturated rings. The lowest BCUT2D eigenvalue weighted by Gasteiger charge is -2.02. The van der Waals surface area contributed by atoms with Crippen molar-refractivity contribution in [3.63, 3.8) is 0 Å². The molecule has 306 valence electrons. The van der Waals surface area contributed by atoms with Crippen LogP contribution in [0.5, 0.6) is 0 Å². The summed E-state index contributed by atoms with van der Waals surface area (Å²) in [4.78, 5) is 32.2. The minimum Gasteiger partial charge on any atom is -0.300 e. The van der Waals surface area contributed by atoms with E-state index in [0.29, 0.717) is 17.3 Å². The van der Waals surface area contributed by atoms with Gasteiger partial charge in [0.2, 0.25) is 0 Å². The molecule has 3 heteroatoms. The maximum atomic E-state index is 10.7. The average Bonchev–Trinajstić information content (AvgIpc) is 3.10. The van der Waals surface area contributed by atoms with Crippen LogP contribution < -0.4 is 0 Å². The SMILES string of the molecule is CCCCCCCCCCCCCC(C)=O.CCCCCCCCCCCCCCC(C)=O.CCCCCCCCCCCCCCCC(C)=O. The molecule has 0 amide bonds. The Balaban J connectivity index is -0.000000679. The minimum atomic E-state index is 0.343. The van der Waals surface area contributed by atoms with Gasteiger partial charge in [-0.15, -0.1) is 0 Å². The van der Waals surface area contributed by atoms with E-state index in [1.807, 2.05) is 0 Å². The molecule has 51 heavy (non-hydrogen) atoms. The molecule has 0 spiro atoms. The molecule has 0 rings (SSSR count). The second kappa shape index (κ2) is 51.1. The maximum absolute atomic E-state index is 10.7. The monoisotopic (exact) mass is 721 g/mol. The van der Waals surface area contributed by atoms with Gasteiger partial charge in [-0.05, 0) is 40.0 Å². The highest BCUT2D eigenvalue weighted by molar-refractivity contribution is 5.75. The normalized spacial score (nSPS) is 10.7. The Bertz CT molecular complexity index is 669. The Kier molecular flexibility index (Phi) is 54.5. The van der Waals surface area contributed by atoms with Crippen molar-refractivity contribution in [2.45, 2.75) is 292 Å². The van der Waals surface area contributed by atoms with Crippen molar-refractivity contribution in [2.75, 3.05) is 0 Å². The lowest BCUT2D eigenvalue weighted by atomic mass is 10.0. The minimum absolute atomic E-state index is 0.343. The van der Waals surface area contributed by atoms with E-state index in [2.05, 4.69) is 20.8 Å². The fourth-order valence-electron chi connectivity index (χ4n) is 6.64. The third-order valence-electron chi connectivity index (χ3n) is 10.1. The van der Waals surface area contributed by atoms with Crippen molar-refractivity contribution in [3.8, 4) is 0 Å². The van der Waals surface area contributed by atoms with E-state index in [0.717, 1.165) is 38.5 Å². The first-order chi connectivity index (χ1) is 24.8. The predicted octanol–water partition coefficient (Wildman–Crippen LogP) is 17.0. The fourth-order valence-corrected chi connectivity index (χ4v) is 6.64. The summed E-state index contributed by atoms with van der Waals surface area (Å²) in [7, 11) is 0. The van der Waals surface area contributed by atoms with Crippen LogP contribution in [0.15, 0.2) is 0 Å². The second-order valence-electron chi connectivity index (χ2n) is 16.0. The largest absolute Gasteiger partial charge is 0.300 e. The van der Waals surface area contributed by atoms with E-state index < -0.39 is 0 Å². The van der Waals surface area contributed by atoms with Crippen LogP contribution in [0.2, 0.25) is 0 Å². The molecule has 0 aromatic carbocycles. The zero-order valence-electron chi connectivity index (χ0n) is 36.3. The van der Waals surface area contributed by atoms with E-state index >= 15 is 0 Å². The highest BCUT2D eigenvalue weighted by atomic mass is 16.1. The van der Waals surface area contributed by atoms with Crippen LogP contribution >= 0.6 is 0 Å². The van der Waals surface area contributed by atoms with Gasteiger partial charge in [0.25, 0.3) is 0 Å². The number of rotatable bonds is 39. The topological polar surface area (TPSA) is 51.2 Å². The molecule has 0 bridgehead atoms. The molecule has 0 aliphatic heterocycles. The van der Waals surface area contributed by atoms with Crippen LogP contribution in [-0.4, -0.2) is 17.3 Å². The maximum Gasteiger partial charge on any atom is 0.129 e. The molecule has 0 aliphatic rings. The van der Waals surface area contributed by atoms with Gasteiger partial charge < -0.3 is 14.4 Å². The van der Waals surface area contributed by atoms with Gasteiger partial charge in [-0.2, -0.15) is 0 Å². The number of unbranched alkanes of at least 4 members (excludes halogenated alkanes) is 33. The van der Waals surface area contributed by atoms with E-state index in [1.54, 1.807) is 20.8 Å². The van der Waals surface area contributed by atoms with Crippen LogP contribution in [0.1, 0.15) is 292 Å². The van der Waals surface area contributed by atoms with Crippen LogP contribution in [0.25, 0.3) is 0 Å². The first-order valence-electron chi connectivity index (χ1n) is 23.3. The molecule has 0 aromatic heterocycles. The van der Waals surface area contributed by atoms with Crippen molar-refractivity contribution >= 4 is 17.3 Å². The molecule has 0 N–H and O–H groups in total. The molecule has 0 saturated carbocycles. The Hall–Kier alpha value is -0.990. The predicted molar refractivity (Wildman–Crippen MR) is 229 cm³/mol. The summed E-state index contributed by atoms with van der Waals surface area (Å²) in [6, 6.07) is 0. The number of ketones is 3. The van der Waals surface area contributed by atoms with Gasteiger partial charge in [-0.1, -0.05) is 233 Å². The Morgan fingerprint density at radius 1 is 0.216 bits per heavy atom. The van der Waals surface area contributed by atoms with Gasteiger partial charge in [0, 0.05) is 19.3 Å². The van der Waals surface area contributed by atoms with Gasteiger partial charge >= 0.3 is 0 Å². The number of carbonyl (C=O) groups excluding carboxylic acids is 3. The van der Waals surface area contributed by atoms with Crippen molar-refractivity contribution in [3.05, 3.63) is 0 Å². The molecule has 0 aliphatic carbocycles. The van der Waals surface area contributed by atoms with Gasteiger partial charge in [0.1, 0.15) is 17.3 Å².